The fourth-order valence-corrected chi connectivity index (χ4v) is 19.2. The number of hydrogen-bond donors (Lipinski definition) is 0. The number of esters is 1. The summed E-state index contributed by atoms with van der Waals surface area (Å²) in [7, 11) is 18.0. The van der Waals surface area contributed by atoms with E-state index < -0.39 is 5.97 Å². The Balaban J connectivity index is 0.000000148. The molecule has 9 aliphatic rings. The minimum atomic E-state index is -1.20. The summed E-state index contributed by atoms with van der Waals surface area (Å²) in [6.07, 6.45) is 23.1. The fourth-order valence-electron chi connectivity index (χ4n) is 19.2. The number of amides is 7. The van der Waals surface area contributed by atoms with Gasteiger partial charge in [0.05, 0.1) is 54.9 Å². The SMILES string of the molecule is CN(C)C(=O)c1ccc(N2CC3(CCC(c4ccccc4)(N(C)C)CC3)N(CC3CCC3)C2=O)cc1.CN(C)C1(c2ccccc2)CCC2(CC1)CN(c1ccc(C(=O)[O-])cc1)C(=O)N2CC1CCC1.COC(=O)c1ccc(N2CC3(CCC(c4ccccc4)(N(C)C)CC3)N(CC3CCC3)C2=O)cc1.[Li+]. The summed E-state index contributed by atoms with van der Waals surface area (Å²) in [6.45, 7) is 4.63. The van der Waals surface area contributed by atoms with Crippen molar-refractivity contribution in [3.8, 4) is 0 Å². The molecule has 0 radical (unpaired) electrons. The normalized spacial score (nSPS) is 26.7. The van der Waals surface area contributed by atoms with Crippen molar-refractivity contribution in [3.63, 3.8) is 0 Å². The molecule has 3 heterocycles. The second-order valence-corrected chi connectivity index (χ2v) is 33.0. The second-order valence-electron chi connectivity index (χ2n) is 33.0. The number of urea groups is 3. The van der Waals surface area contributed by atoms with Gasteiger partial charge in [-0.15, -0.1) is 0 Å². The summed E-state index contributed by atoms with van der Waals surface area (Å²) in [5.41, 5.74) is 7.35. The average Bonchev–Trinajstić information content (AvgIpc) is 1.56. The smallest absolute Gasteiger partial charge is 0.545 e. The molecule has 6 saturated carbocycles. The van der Waals surface area contributed by atoms with Crippen LogP contribution in [0.25, 0.3) is 0 Å². The van der Waals surface area contributed by atoms with Crippen LogP contribution in [0.2, 0.25) is 0 Å². The van der Waals surface area contributed by atoms with Crippen molar-refractivity contribution in [1.29, 1.82) is 0 Å². The molecule has 6 aliphatic carbocycles. The number of benzene rings is 6. The summed E-state index contributed by atoms with van der Waals surface area (Å²) in [5.74, 6) is 0.255. The Bertz CT molecular complexity index is 4010. The summed E-state index contributed by atoms with van der Waals surface area (Å²) in [5, 5.41) is 11.2. The molecule has 106 heavy (non-hydrogen) atoms. The first-order valence-electron chi connectivity index (χ1n) is 38.8. The Labute approximate surface area is 641 Å². The van der Waals surface area contributed by atoms with Gasteiger partial charge in [0.1, 0.15) is 0 Å². The number of ether oxygens (including phenoxy) is 1. The van der Waals surface area contributed by atoms with Crippen LogP contribution in [-0.2, 0) is 21.4 Å². The number of rotatable bonds is 18. The van der Waals surface area contributed by atoms with E-state index in [1.807, 2.05) is 51.1 Å². The minimum Gasteiger partial charge on any atom is -0.545 e. The van der Waals surface area contributed by atoms with E-state index in [2.05, 4.69) is 163 Å². The van der Waals surface area contributed by atoms with E-state index in [-0.39, 0.29) is 87.6 Å². The van der Waals surface area contributed by atoms with Crippen LogP contribution in [0.15, 0.2) is 164 Å². The van der Waals surface area contributed by atoms with Gasteiger partial charge < -0.3 is 34.2 Å². The molecule has 15 rings (SSSR count). The van der Waals surface area contributed by atoms with Crippen molar-refractivity contribution in [2.24, 2.45) is 17.8 Å². The van der Waals surface area contributed by atoms with Gasteiger partial charge in [0.2, 0.25) is 0 Å². The zero-order valence-electron chi connectivity index (χ0n) is 64.7. The maximum Gasteiger partial charge on any atom is 1.00 e. The van der Waals surface area contributed by atoms with Crippen LogP contribution in [0.3, 0.4) is 0 Å². The molecule has 0 atom stereocenters. The first-order valence-corrected chi connectivity index (χ1v) is 38.8. The molecule has 3 aliphatic heterocycles. The molecular weight excluding hydrogens is 1320 g/mol. The molecule has 18 nitrogen and oxygen atoms in total. The molecule has 0 bridgehead atoms. The number of aromatic carboxylic acids is 1. The average molecular weight is 1430 g/mol. The summed E-state index contributed by atoms with van der Waals surface area (Å²) in [6, 6.07) is 54.1. The van der Waals surface area contributed by atoms with Crippen LogP contribution in [0.1, 0.15) is 183 Å². The number of hydrogen-bond acceptors (Lipinski definition) is 11. The number of carbonyl (C=O) groups excluding carboxylic acids is 6. The van der Waals surface area contributed by atoms with Crippen LogP contribution < -0.4 is 38.7 Å². The molecule has 558 valence electrons. The molecule has 6 aromatic carbocycles. The number of carbonyl (C=O) groups is 6. The zero-order chi connectivity index (χ0) is 74.1. The van der Waals surface area contributed by atoms with Gasteiger partial charge in [-0.05, 0) is 259 Å². The van der Waals surface area contributed by atoms with Crippen molar-refractivity contribution in [2.75, 3.05) is 117 Å². The number of anilines is 3. The third kappa shape index (κ3) is 14.9. The van der Waals surface area contributed by atoms with Gasteiger partial charge in [-0.25, -0.2) is 19.2 Å². The molecular formula is C87H111LiN10O8. The Kier molecular flexibility index (Phi) is 23.5. The molecule has 7 amide bonds. The second kappa shape index (κ2) is 32.1. The summed E-state index contributed by atoms with van der Waals surface area (Å²) in [4.78, 5) is 98.0. The van der Waals surface area contributed by atoms with Crippen molar-refractivity contribution in [1.82, 2.24) is 34.3 Å². The van der Waals surface area contributed by atoms with Gasteiger partial charge in [-0.1, -0.05) is 122 Å². The van der Waals surface area contributed by atoms with Crippen molar-refractivity contribution < 1.29 is 57.5 Å². The minimum absolute atomic E-state index is 0. The third-order valence-electron chi connectivity index (χ3n) is 26.8. The molecule has 19 heteroatoms. The number of carboxylic acid groups (broad SMARTS) is 1. The molecule has 3 spiro atoms. The topological polar surface area (TPSA) is 167 Å². The molecule has 3 saturated heterocycles. The van der Waals surface area contributed by atoms with Crippen LogP contribution in [0.4, 0.5) is 31.4 Å². The number of carboxylic acids is 1. The fraction of sp³-hybridized carbons (Fsp3) is 0.517. The van der Waals surface area contributed by atoms with Crippen molar-refractivity contribution in [3.05, 3.63) is 197 Å². The Hall–Kier alpha value is -7.98. The van der Waals surface area contributed by atoms with Crippen LogP contribution in [-0.4, -0.2) is 190 Å². The monoisotopic (exact) mass is 1430 g/mol. The van der Waals surface area contributed by atoms with Gasteiger partial charge in [0, 0.05) is 73.0 Å². The first-order chi connectivity index (χ1) is 50.5. The van der Waals surface area contributed by atoms with Crippen molar-refractivity contribution in [2.45, 2.75) is 168 Å². The largest absolute Gasteiger partial charge is 1.00 e. The molecule has 0 aromatic heterocycles. The van der Waals surface area contributed by atoms with Crippen LogP contribution in [0.5, 0.6) is 0 Å². The van der Waals surface area contributed by atoms with Gasteiger partial charge in [0.15, 0.2) is 0 Å². The van der Waals surface area contributed by atoms with Crippen LogP contribution in [0, 0.1) is 17.8 Å². The molecule has 0 N–H and O–H groups in total. The summed E-state index contributed by atoms with van der Waals surface area (Å²) < 4.78 is 4.84. The van der Waals surface area contributed by atoms with Gasteiger partial charge in [-0.3, -0.25) is 34.2 Å². The number of nitrogens with zero attached hydrogens (tertiary/aromatic N) is 10. The predicted octanol–water partition coefficient (Wildman–Crippen LogP) is 11.4. The van der Waals surface area contributed by atoms with Crippen LogP contribution >= 0.6 is 0 Å². The van der Waals surface area contributed by atoms with E-state index in [1.54, 1.807) is 43.3 Å². The quantitative estimate of drug-likeness (QED) is 0.0593. The van der Waals surface area contributed by atoms with E-state index in [0.29, 0.717) is 42.0 Å². The van der Waals surface area contributed by atoms with E-state index in [9.17, 15) is 33.9 Å². The first kappa shape index (κ1) is 77.6. The van der Waals surface area contributed by atoms with Gasteiger partial charge in [-0.2, -0.15) is 0 Å². The van der Waals surface area contributed by atoms with Crippen molar-refractivity contribution >= 4 is 53.0 Å². The maximum absolute atomic E-state index is 13.9. The van der Waals surface area contributed by atoms with E-state index >= 15 is 0 Å². The van der Waals surface area contributed by atoms with E-state index in [1.165, 1.54) is 93.7 Å². The maximum atomic E-state index is 13.9. The van der Waals surface area contributed by atoms with E-state index in [4.69, 9.17) is 4.74 Å². The predicted molar refractivity (Wildman–Crippen MR) is 412 cm³/mol. The molecule has 6 aromatic rings. The number of methoxy groups -OCH3 is 1. The molecule has 9 fully saturated rings. The zero-order valence-corrected chi connectivity index (χ0v) is 64.7. The third-order valence-corrected chi connectivity index (χ3v) is 26.8. The van der Waals surface area contributed by atoms with Gasteiger partial charge in [0.25, 0.3) is 5.91 Å². The Morgan fingerprint density at radius 2 is 0.651 bits per heavy atom. The Morgan fingerprint density at radius 3 is 0.877 bits per heavy atom. The van der Waals surface area contributed by atoms with Gasteiger partial charge >= 0.3 is 42.9 Å². The summed E-state index contributed by atoms with van der Waals surface area (Å²) >= 11 is 0. The Morgan fingerprint density at radius 1 is 0.387 bits per heavy atom. The molecule has 0 unspecified atom stereocenters. The van der Waals surface area contributed by atoms with E-state index in [0.717, 1.165) is 120 Å². The standard InChI is InChI=1S/C30H40N4O2.C29H37N3O3.C28H35N3O3.Li/c1-31(2)27(35)24-13-15-26(16-14-24)33-22-29(34(28(33)36)21-23-9-8-10-23)17-19-30(20-18-29,32(3)4)25-11-6-5-7-12-25;1-30(2)29(24-10-5-4-6-11-24)18-16-28(17-19-29)21-31(27(34)32(28)20-22-8-7-9-22)25-14-12-23(13-15-25)26(33)35-3;1-29(2)28(23-9-4-3-5-10-23)17-15-27(16-18-28)20-30(24-13-11-22(12-14-24)25(32)33)26(34)31(27)19-21-7-6-8-21;/h5-7,11-16,23H,8-10,17-22H2,1-4H3;4-6,10-15,22H,7-9,16-21H2,1-3H3;3-5,9-14,21H,6-8,15-20H2,1-2H3,(H,32,33);/q;;;+1/p-1.